The molecule has 0 aliphatic carbocycles. The number of urea groups is 1. The van der Waals surface area contributed by atoms with Gasteiger partial charge in [0.05, 0.1) is 35.8 Å². The van der Waals surface area contributed by atoms with Gasteiger partial charge in [-0.15, -0.1) is 0 Å². The lowest BCUT2D eigenvalue weighted by Crippen LogP contribution is -2.21. The number of hydrogen-bond acceptors (Lipinski definition) is 8. The van der Waals surface area contributed by atoms with E-state index in [9.17, 15) is 14.9 Å². The number of nitrogens with one attached hydrogen (secondary N) is 3. The molecule has 0 saturated heterocycles. The molecule has 0 atom stereocenters. The number of benzene rings is 1. The largest absolute Gasteiger partial charge is 0.491 e. The Morgan fingerprint density at radius 1 is 1.08 bits per heavy atom. The number of nitrogens with zero attached hydrogens (tertiary/aromatic N) is 4. The van der Waals surface area contributed by atoms with Crippen molar-refractivity contribution in [2.45, 2.75) is 19.3 Å². The van der Waals surface area contributed by atoms with Crippen LogP contribution in [0, 0.1) is 11.3 Å². The number of aromatic nitrogens is 3. The summed E-state index contributed by atoms with van der Waals surface area (Å²) in [6.45, 7) is 0.655. The van der Waals surface area contributed by atoms with E-state index in [0.29, 0.717) is 37.4 Å². The molecule has 1 aliphatic heterocycles. The highest BCUT2D eigenvalue weighted by Crippen LogP contribution is 2.35. The van der Waals surface area contributed by atoms with Crippen LogP contribution >= 0.6 is 23.2 Å². The summed E-state index contributed by atoms with van der Waals surface area (Å²) >= 11 is 12.3. The summed E-state index contributed by atoms with van der Waals surface area (Å²) in [4.78, 5) is 37.3. The summed E-state index contributed by atoms with van der Waals surface area (Å²) < 4.78 is 11.5. The van der Waals surface area contributed by atoms with E-state index in [1.807, 2.05) is 6.07 Å². The van der Waals surface area contributed by atoms with Gasteiger partial charge in [-0.1, -0.05) is 23.2 Å². The molecule has 3 N–H and O–H groups in total. The Balaban J connectivity index is 1.59. The SMILES string of the molecule is N#Cc1ncc2nc1OCCCCCOc1cc(NC(=O)c3ccnc(Cl)c3)c(Cl)cc1NC(=O)N2. The highest BCUT2D eigenvalue weighted by molar-refractivity contribution is 6.34. The smallest absolute Gasteiger partial charge is 0.325 e. The molecule has 0 radical (unpaired) electrons. The molecule has 36 heavy (non-hydrogen) atoms. The molecule has 0 saturated carbocycles. The number of pyridine rings is 1. The average Bonchev–Trinajstić information content (AvgIpc) is 2.85. The first-order chi connectivity index (χ1) is 17.4. The maximum Gasteiger partial charge on any atom is 0.325 e. The number of anilines is 3. The fraction of sp³-hybridized carbons (Fsp3) is 0.217. The van der Waals surface area contributed by atoms with Gasteiger partial charge in [-0.3, -0.25) is 10.1 Å². The molecule has 0 spiro atoms. The van der Waals surface area contributed by atoms with E-state index in [1.54, 1.807) is 0 Å². The zero-order chi connectivity index (χ0) is 25.5. The molecular weight excluding hydrogens is 509 g/mol. The summed E-state index contributed by atoms with van der Waals surface area (Å²) in [5, 5.41) is 17.5. The van der Waals surface area contributed by atoms with Crippen molar-refractivity contribution in [1.82, 2.24) is 15.0 Å². The number of hydrogen-bond donors (Lipinski definition) is 3. The second kappa shape index (κ2) is 11.5. The van der Waals surface area contributed by atoms with Crippen LogP contribution < -0.4 is 25.4 Å². The van der Waals surface area contributed by atoms with Crippen LogP contribution in [0.4, 0.5) is 22.0 Å². The Hall–Kier alpha value is -4.14. The number of carbonyl (C=O) groups is 2. The van der Waals surface area contributed by atoms with Gasteiger partial charge in [-0.05, 0) is 37.5 Å². The quantitative estimate of drug-likeness (QED) is 0.398. The highest BCUT2D eigenvalue weighted by Gasteiger charge is 2.17. The zero-order valence-corrected chi connectivity index (χ0v) is 20.2. The summed E-state index contributed by atoms with van der Waals surface area (Å²) in [5.74, 6) is -0.0138. The fourth-order valence-electron chi connectivity index (χ4n) is 3.22. The number of halogens is 2. The lowest BCUT2D eigenvalue weighted by atomic mass is 10.2. The second-order valence-electron chi connectivity index (χ2n) is 7.51. The molecule has 11 nitrogen and oxygen atoms in total. The zero-order valence-electron chi connectivity index (χ0n) is 18.7. The van der Waals surface area contributed by atoms with E-state index in [4.69, 9.17) is 32.7 Å². The van der Waals surface area contributed by atoms with E-state index < -0.39 is 11.9 Å². The lowest BCUT2D eigenvalue weighted by Gasteiger charge is -2.16. The molecule has 1 aliphatic rings. The normalized spacial score (nSPS) is 13.8. The maximum atomic E-state index is 12.7. The Labute approximate surface area is 215 Å². The van der Waals surface area contributed by atoms with Crippen LogP contribution in [0.25, 0.3) is 0 Å². The number of amides is 3. The van der Waals surface area contributed by atoms with Gasteiger partial charge in [0.2, 0.25) is 5.69 Å². The molecule has 1 aromatic carbocycles. The Morgan fingerprint density at radius 2 is 1.89 bits per heavy atom. The van der Waals surface area contributed by atoms with Crippen molar-refractivity contribution in [2.24, 2.45) is 0 Å². The predicted molar refractivity (Wildman–Crippen MR) is 133 cm³/mol. The van der Waals surface area contributed by atoms with Crippen LogP contribution in [0.2, 0.25) is 10.2 Å². The van der Waals surface area contributed by atoms with Crippen molar-refractivity contribution < 1.29 is 19.1 Å². The first-order valence-corrected chi connectivity index (χ1v) is 11.6. The van der Waals surface area contributed by atoms with Crippen molar-refractivity contribution in [2.75, 3.05) is 29.2 Å². The van der Waals surface area contributed by atoms with Crippen molar-refractivity contribution in [3.8, 4) is 17.7 Å². The van der Waals surface area contributed by atoms with Crippen molar-refractivity contribution >= 4 is 52.3 Å². The third-order valence-electron chi connectivity index (χ3n) is 4.93. The van der Waals surface area contributed by atoms with Crippen LogP contribution in [0.15, 0.2) is 36.7 Å². The molecule has 2 aromatic heterocycles. The van der Waals surface area contributed by atoms with E-state index in [-0.39, 0.29) is 38.9 Å². The molecule has 3 heterocycles. The third-order valence-corrected chi connectivity index (χ3v) is 5.45. The van der Waals surface area contributed by atoms with Gasteiger partial charge in [0.25, 0.3) is 11.8 Å². The number of ether oxygens (including phenoxy) is 2. The van der Waals surface area contributed by atoms with E-state index in [0.717, 1.165) is 6.42 Å². The van der Waals surface area contributed by atoms with Gasteiger partial charge in [0, 0.05) is 17.8 Å². The first kappa shape index (κ1) is 25.0. The second-order valence-corrected chi connectivity index (χ2v) is 8.30. The molecule has 184 valence electrons. The van der Waals surface area contributed by atoms with Gasteiger partial charge in [0.1, 0.15) is 17.0 Å². The minimum Gasteiger partial charge on any atom is -0.491 e. The Bertz CT molecular complexity index is 1350. The fourth-order valence-corrected chi connectivity index (χ4v) is 3.60. The minimum absolute atomic E-state index is 0.0225. The van der Waals surface area contributed by atoms with Crippen LogP contribution in [-0.2, 0) is 0 Å². The standard InChI is InChI=1S/C23H19Cl2N7O4/c24-14-9-16-18(10-15(14)29-21(33)13-4-5-27-19(25)8-13)35-6-2-1-3-7-36-22-17(11-26)28-12-20(31-22)32-23(34)30-16/h4-5,8-10,12H,1-3,6-7H2,(H,29,33)(H2,30,31,32,34). The van der Waals surface area contributed by atoms with Crippen LogP contribution in [-0.4, -0.2) is 40.1 Å². The number of fused-ring (bicyclic) bond motifs is 3. The van der Waals surface area contributed by atoms with Gasteiger partial charge in [0.15, 0.2) is 5.82 Å². The van der Waals surface area contributed by atoms with Gasteiger partial charge < -0.3 is 20.1 Å². The summed E-state index contributed by atoms with van der Waals surface area (Å²) in [7, 11) is 0. The molecule has 4 rings (SSSR count). The molecule has 0 unspecified atom stereocenters. The van der Waals surface area contributed by atoms with Gasteiger partial charge >= 0.3 is 6.03 Å². The maximum absolute atomic E-state index is 12.7. The van der Waals surface area contributed by atoms with Crippen molar-refractivity contribution in [1.29, 1.82) is 5.26 Å². The lowest BCUT2D eigenvalue weighted by molar-refractivity contribution is 0.102. The Morgan fingerprint density at radius 3 is 2.67 bits per heavy atom. The molecule has 3 aromatic rings. The monoisotopic (exact) mass is 527 g/mol. The van der Waals surface area contributed by atoms with E-state index in [2.05, 4.69) is 30.9 Å². The highest BCUT2D eigenvalue weighted by atomic mass is 35.5. The molecule has 3 amide bonds. The Kier molecular flexibility index (Phi) is 7.99. The van der Waals surface area contributed by atoms with Crippen molar-refractivity contribution in [3.05, 3.63) is 58.1 Å². The van der Waals surface area contributed by atoms with Gasteiger partial charge in [-0.2, -0.15) is 10.2 Å². The average molecular weight is 528 g/mol. The summed E-state index contributed by atoms with van der Waals surface area (Å²) in [6.07, 6.45) is 4.81. The summed E-state index contributed by atoms with van der Waals surface area (Å²) in [6, 6.07) is 7.19. The number of rotatable bonds is 2. The molecule has 2 bridgehead atoms. The number of nitriles is 1. The molecular formula is C23H19Cl2N7O4. The first-order valence-electron chi connectivity index (χ1n) is 10.8. The summed E-state index contributed by atoms with van der Waals surface area (Å²) in [5.41, 5.74) is 0.875. The van der Waals surface area contributed by atoms with Crippen LogP contribution in [0.3, 0.4) is 0 Å². The molecule has 13 heteroatoms. The van der Waals surface area contributed by atoms with Crippen LogP contribution in [0.5, 0.6) is 11.6 Å². The molecule has 0 fully saturated rings. The van der Waals surface area contributed by atoms with E-state index in [1.165, 1.54) is 36.7 Å². The minimum atomic E-state index is -0.654. The van der Waals surface area contributed by atoms with Crippen LogP contribution in [0.1, 0.15) is 35.3 Å². The van der Waals surface area contributed by atoms with Crippen molar-refractivity contribution in [3.63, 3.8) is 0 Å². The topological polar surface area (TPSA) is 151 Å². The van der Waals surface area contributed by atoms with Gasteiger partial charge in [-0.25, -0.2) is 14.8 Å². The number of carbonyl (C=O) groups excluding carboxylic acids is 2. The predicted octanol–water partition coefficient (Wildman–Crippen LogP) is 4.89. The third kappa shape index (κ3) is 6.29. The van der Waals surface area contributed by atoms with E-state index >= 15 is 0 Å².